The summed E-state index contributed by atoms with van der Waals surface area (Å²) in [5, 5.41) is 10.5. The molecule has 1 aliphatic carbocycles. The molecule has 0 aliphatic heterocycles. The van der Waals surface area contributed by atoms with Gasteiger partial charge >= 0.3 is 5.97 Å². The third-order valence-electron chi connectivity index (χ3n) is 5.55. The van der Waals surface area contributed by atoms with E-state index in [1.54, 1.807) is 12.1 Å². The lowest BCUT2D eigenvalue weighted by molar-refractivity contribution is 0.0697. The molecule has 2 aromatic carbocycles. The molecule has 3 aromatic rings. The Hall–Kier alpha value is -2.81. The first-order valence-electron chi connectivity index (χ1n) is 9.30. The summed E-state index contributed by atoms with van der Waals surface area (Å²) in [6.07, 6.45) is 8.09. The molecule has 1 heterocycles. The summed E-state index contributed by atoms with van der Waals surface area (Å²) in [7, 11) is 0. The molecule has 0 saturated heterocycles. The van der Waals surface area contributed by atoms with Crippen LogP contribution in [0, 0.1) is 0 Å². The predicted octanol–water partition coefficient (Wildman–Crippen LogP) is 6.22. The Labute approximate surface area is 153 Å². The number of benzene rings is 2. The van der Waals surface area contributed by atoms with Gasteiger partial charge in [0, 0.05) is 16.5 Å². The average molecular weight is 345 g/mol. The lowest BCUT2D eigenvalue weighted by Gasteiger charge is -2.23. The molecular formula is C23H23NO2. The maximum absolute atomic E-state index is 11.4. The van der Waals surface area contributed by atoms with Gasteiger partial charge in [-0.3, -0.25) is 0 Å². The molecule has 3 nitrogen and oxygen atoms in total. The molecule has 2 N–H and O–H groups in total. The summed E-state index contributed by atoms with van der Waals surface area (Å²) in [6.45, 7) is 3.96. The van der Waals surface area contributed by atoms with Gasteiger partial charge in [0.1, 0.15) is 0 Å². The van der Waals surface area contributed by atoms with Crippen LogP contribution < -0.4 is 0 Å². The molecule has 0 spiro atoms. The summed E-state index contributed by atoms with van der Waals surface area (Å²) in [5.41, 5.74) is 5.90. The van der Waals surface area contributed by atoms with Gasteiger partial charge in [-0.15, -0.1) is 0 Å². The SMILES string of the molecule is C=Cc1ccccc1-c1[nH]c2cc(C(=O)O)ccc2c1C1CCCCC1. The summed E-state index contributed by atoms with van der Waals surface area (Å²) < 4.78 is 0. The third-order valence-corrected chi connectivity index (χ3v) is 5.55. The number of aromatic nitrogens is 1. The number of nitrogens with one attached hydrogen (secondary N) is 1. The van der Waals surface area contributed by atoms with Gasteiger partial charge in [-0.25, -0.2) is 4.79 Å². The molecule has 0 amide bonds. The molecule has 26 heavy (non-hydrogen) atoms. The molecule has 132 valence electrons. The van der Waals surface area contributed by atoms with E-state index >= 15 is 0 Å². The summed E-state index contributed by atoms with van der Waals surface area (Å²) >= 11 is 0. The van der Waals surface area contributed by atoms with Crippen LogP contribution in [0.25, 0.3) is 28.2 Å². The van der Waals surface area contributed by atoms with E-state index in [4.69, 9.17) is 0 Å². The molecule has 0 unspecified atom stereocenters. The number of fused-ring (bicyclic) bond motifs is 1. The molecule has 3 heteroatoms. The number of carbonyl (C=O) groups is 1. The van der Waals surface area contributed by atoms with E-state index in [-0.39, 0.29) is 0 Å². The highest BCUT2D eigenvalue weighted by atomic mass is 16.4. The fourth-order valence-corrected chi connectivity index (χ4v) is 4.28. The van der Waals surface area contributed by atoms with Crippen LogP contribution >= 0.6 is 0 Å². The zero-order valence-corrected chi connectivity index (χ0v) is 14.8. The number of aromatic amines is 1. The predicted molar refractivity (Wildman–Crippen MR) is 107 cm³/mol. The van der Waals surface area contributed by atoms with E-state index in [0.29, 0.717) is 11.5 Å². The number of carboxylic acids is 1. The van der Waals surface area contributed by atoms with E-state index in [1.807, 2.05) is 24.3 Å². The molecule has 1 aromatic heterocycles. The van der Waals surface area contributed by atoms with E-state index in [1.165, 1.54) is 37.7 Å². The zero-order valence-electron chi connectivity index (χ0n) is 14.8. The number of aromatic carboxylic acids is 1. The highest BCUT2D eigenvalue weighted by Crippen LogP contribution is 2.43. The van der Waals surface area contributed by atoms with Crippen molar-refractivity contribution in [2.45, 2.75) is 38.0 Å². The Morgan fingerprint density at radius 3 is 2.62 bits per heavy atom. The van der Waals surface area contributed by atoms with Gasteiger partial charge in [0.05, 0.1) is 11.3 Å². The smallest absolute Gasteiger partial charge is 0.335 e. The first-order valence-corrected chi connectivity index (χ1v) is 9.30. The Morgan fingerprint density at radius 2 is 1.88 bits per heavy atom. The minimum absolute atomic E-state index is 0.317. The fraction of sp³-hybridized carbons (Fsp3) is 0.261. The number of rotatable bonds is 4. The largest absolute Gasteiger partial charge is 0.478 e. The summed E-state index contributed by atoms with van der Waals surface area (Å²) in [4.78, 5) is 14.9. The number of H-pyrrole nitrogens is 1. The first kappa shape index (κ1) is 16.6. The van der Waals surface area contributed by atoms with Crippen molar-refractivity contribution in [2.75, 3.05) is 0 Å². The van der Waals surface area contributed by atoms with Crippen LogP contribution in [0.5, 0.6) is 0 Å². The van der Waals surface area contributed by atoms with Gasteiger partial charge in [-0.2, -0.15) is 0 Å². The molecule has 1 fully saturated rings. The topological polar surface area (TPSA) is 53.1 Å². The van der Waals surface area contributed by atoms with Gasteiger partial charge in [-0.1, -0.05) is 62.2 Å². The van der Waals surface area contributed by atoms with Crippen molar-refractivity contribution in [2.24, 2.45) is 0 Å². The van der Waals surface area contributed by atoms with Gasteiger partial charge in [0.2, 0.25) is 0 Å². The monoisotopic (exact) mass is 345 g/mol. The highest BCUT2D eigenvalue weighted by Gasteiger charge is 2.24. The van der Waals surface area contributed by atoms with Crippen molar-refractivity contribution in [1.82, 2.24) is 4.98 Å². The van der Waals surface area contributed by atoms with Crippen LogP contribution in [0.4, 0.5) is 0 Å². The number of hydrogen-bond acceptors (Lipinski definition) is 1. The van der Waals surface area contributed by atoms with E-state index < -0.39 is 5.97 Å². The second kappa shape index (κ2) is 6.83. The minimum atomic E-state index is -0.895. The van der Waals surface area contributed by atoms with Crippen molar-refractivity contribution in [3.05, 3.63) is 65.7 Å². The van der Waals surface area contributed by atoms with Crippen LogP contribution in [0.3, 0.4) is 0 Å². The lowest BCUT2D eigenvalue weighted by Crippen LogP contribution is -2.05. The molecule has 4 rings (SSSR count). The highest BCUT2D eigenvalue weighted by molar-refractivity contribution is 5.98. The maximum Gasteiger partial charge on any atom is 0.335 e. The Bertz CT molecular complexity index is 977. The summed E-state index contributed by atoms with van der Waals surface area (Å²) in [5.74, 6) is -0.380. The molecule has 1 aliphatic rings. The van der Waals surface area contributed by atoms with Crippen LogP contribution in [0.2, 0.25) is 0 Å². The van der Waals surface area contributed by atoms with Gasteiger partial charge in [0.15, 0.2) is 0 Å². The number of hydrogen-bond donors (Lipinski definition) is 2. The van der Waals surface area contributed by atoms with Crippen LogP contribution in [-0.4, -0.2) is 16.1 Å². The van der Waals surface area contributed by atoms with Gasteiger partial charge < -0.3 is 10.1 Å². The van der Waals surface area contributed by atoms with Crippen LogP contribution in [0.15, 0.2) is 49.0 Å². The normalized spacial score (nSPS) is 15.2. The van der Waals surface area contributed by atoms with Gasteiger partial charge in [-0.05, 0) is 42.0 Å². The number of carboxylic acid groups (broad SMARTS) is 1. The van der Waals surface area contributed by atoms with Crippen molar-refractivity contribution in [3.8, 4) is 11.3 Å². The average Bonchev–Trinajstić information content (AvgIpc) is 3.07. The Kier molecular flexibility index (Phi) is 4.37. The zero-order chi connectivity index (χ0) is 18.1. The fourth-order valence-electron chi connectivity index (χ4n) is 4.28. The Balaban J connectivity index is 1.97. The Morgan fingerprint density at radius 1 is 1.12 bits per heavy atom. The second-order valence-electron chi connectivity index (χ2n) is 7.11. The molecule has 0 radical (unpaired) electrons. The molecular weight excluding hydrogens is 322 g/mol. The molecule has 0 atom stereocenters. The minimum Gasteiger partial charge on any atom is -0.478 e. The van der Waals surface area contributed by atoms with Crippen molar-refractivity contribution in [3.63, 3.8) is 0 Å². The third kappa shape index (κ3) is 2.84. The lowest BCUT2D eigenvalue weighted by atomic mass is 9.81. The molecule has 0 bridgehead atoms. The van der Waals surface area contributed by atoms with Crippen molar-refractivity contribution < 1.29 is 9.90 Å². The van der Waals surface area contributed by atoms with E-state index in [9.17, 15) is 9.90 Å². The van der Waals surface area contributed by atoms with Crippen molar-refractivity contribution in [1.29, 1.82) is 0 Å². The maximum atomic E-state index is 11.4. The molecule has 1 saturated carbocycles. The quantitative estimate of drug-likeness (QED) is 0.589. The standard InChI is InChI=1S/C23H23NO2/c1-2-15-8-6-7-11-18(15)22-21(16-9-4-3-5-10-16)19-13-12-17(23(25)26)14-20(19)24-22/h2,6-8,11-14,16,24H,1,3-5,9-10H2,(H,25,26). The van der Waals surface area contributed by atoms with E-state index in [0.717, 1.165) is 27.7 Å². The van der Waals surface area contributed by atoms with Crippen molar-refractivity contribution >= 4 is 22.9 Å². The van der Waals surface area contributed by atoms with Gasteiger partial charge in [0.25, 0.3) is 0 Å². The second-order valence-corrected chi connectivity index (χ2v) is 7.11. The van der Waals surface area contributed by atoms with Crippen LogP contribution in [0.1, 0.15) is 59.5 Å². The first-order chi connectivity index (χ1) is 12.7. The summed E-state index contributed by atoms with van der Waals surface area (Å²) in [6, 6.07) is 13.7. The van der Waals surface area contributed by atoms with Crippen LogP contribution in [-0.2, 0) is 0 Å². The van der Waals surface area contributed by atoms with E-state index in [2.05, 4.69) is 23.7 Å².